The quantitative estimate of drug-likeness (QED) is 0.604. The molecule has 0 spiro atoms. The molecular formula is C7H11NO2. The van der Waals surface area contributed by atoms with Crippen molar-refractivity contribution in [1.29, 1.82) is 0 Å². The van der Waals surface area contributed by atoms with Crippen LogP contribution in [0, 0.1) is 0 Å². The maximum absolute atomic E-state index is 10.6. The summed E-state index contributed by atoms with van der Waals surface area (Å²) >= 11 is 0. The molecule has 1 aliphatic heterocycles. The number of carbonyl (C=O) groups excluding carboxylic acids is 1. The SMILES string of the molecule is COCCC1=CC(=O)NC1. The first-order valence-corrected chi connectivity index (χ1v) is 3.29. The zero-order valence-corrected chi connectivity index (χ0v) is 6.02. The molecule has 1 N–H and O–H groups in total. The summed E-state index contributed by atoms with van der Waals surface area (Å²) in [4.78, 5) is 10.6. The molecule has 56 valence electrons. The van der Waals surface area contributed by atoms with Gasteiger partial charge in [0.25, 0.3) is 0 Å². The summed E-state index contributed by atoms with van der Waals surface area (Å²) in [7, 11) is 1.66. The third kappa shape index (κ3) is 1.84. The Bertz CT molecular complexity index is 163. The van der Waals surface area contributed by atoms with Gasteiger partial charge in [-0.3, -0.25) is 4.79 Å². The number of hydrogen-bond acceptors (Lipinski definition) is 2. The highest BCUT2D eigenvalue weighted by molar-refractivity contribution is 5.90. The fraction of sp³-hybridized carbons (Fsp3) is 0.571. The average molecular weight is 141 g/mol. The first-order chi connectivity index (χ1) is 4.83. The Morgan fingerprint density at radius 1 is 1.80 bits per heavy atom. The fourth-order valence-electron chi connectivity index (χ4n) is 0.882. The molecule has 0 aromatic carbocycles. The first kappa shape index (κ1) is 7.28. The van der Waals surface area contributed by atoms with Crippen molar-refractivity contribution in [3.8, 4) is 0 Å². The topological polar surface area (TPSA) is 38.3 Å². The number of carbonyl (C=O) groups is 1. The molecule has 0 radical (unpaired) electrons. The second-order valence-corrected chi connectivity index (χ2v) is 2.26. The summed E-state index contributed by atoms with van der Waals surface area (Å²) in [5.41, 5.74) is 1.13. The molecule has 1 aliphatic rings. The minimum Gasteiger partial charge on any atom is -0.384 e. The smallest absolute Gasteiger partial charge is 0.244 e. The van der Waals surface area contributed by atoms with Crippen LogP contribution in [-0.4, -0.2) is 26.2 Å². The Morgan fingerprint density at radius 2 is 2.60 bits per heavy atom. The summed E-state index contributed by atoms with van der Waals surface area (Å²) in [5.74, 6) is 0.0195. The Labute approximate surface area is 60.1 Å². The molecular weight excluding hydrogens is 130 g/mol. The summed E-state index contributed by atoms with van der Waals surface area (Å²) < 4.78 is 4.86. The lowest BCUT2D eigenvalue weighted by Gasteiger charge is -1.97. The van der Waals surface area contributed by atoms with Gasteiger partial charge in [0, 0.05) is 26.3 Å². The molecule has 10 heavy (non-hydrogen) atoms. The lowest BCUT2D eigenvalue weighted by atomic mass is 10.2. The van der Waals surface area contributed by atoms with Gasteiger partial charge in [-0.2, -0.15) is 0 Å². The Hall–Kier alpha value is -0.830. The van der Waals surface area contributed by atoms with Gasteiger partial charge in [0.1, 0.15) is 0 Å². The Morgan fingerprint density at radius 3 is 3.10 bits per heavy atom. The lowest BCUT2D eigenvalue weighted by molar-refractivity contribution is -0.115. The molecule has 0 aliphatic carbocycles. The second-order valence-electron chi connectivity index (χ2n) is 2.26. The highest BCUT2D eigenvalue weighted by Gasteiger charge is 2.08. The molecule has 0 saturated carbocycles. The van der Waals surface area contributed by atoms with E-state index in [1.54, 1.807) is 13.2 Å². The van der Waals surface area contributed by atoms with Crippen LogP contribution in [0.3, 0.4) is 0 Å². The van der Waals surface area contributed by atoms with Crippen LogP contribution in [-0.2, 0) is 9.53 Å². The first-order valence-electron chi connectivity index (χ1n) is 3.29. The van der Waals surface area contributed by atoms with E-state index >= 15 is 0 Å². The van der Waals surface area contributed by atoms with Gasteiger partial charge in [0.2, 0.25) is 5.91 Å². The zero-order chi connectivity index (χ0) is 7.40. The number of methoxy groups -OCH3 is 1. The van der Waals surface area contributed by atoms with Crippen molar-refractivity contribution in [2.45, 2.75) is 6.42 Å². The van der Waals surface area contributed by atoms with Crippen molar-refractivity contribution in [1.82, 2.24) is 5.32 Å². The molecule has 0 aromatic heterocycles. The van der Waals surface area contributed by atoms with Gasteiger partial charge in [-0.25, -0.2) is 0 Å². The number of rotatable bonds is 3. The van der Waals surface area contributed by atoms with Crippen molar-refractivity contribution < 1.29 is 9.53 Å². The van der Waals surface area contributed by atoms with E-state index in [-0.39, 0.29) is 5.91 Å². The number of amides is 1. The number of nitrogens with one attached hydrogen (secondary N) is 1. The summed E-state index contributed by atoms with van der Waals surface area (Å²) in [6, 6.07) is 0. The predicted molar refractivity (Wildman–Crippen MR) is 37.6 cm³/mol. The zero-order valence-electron chi connectivity index (χ0n) is 6.02. The average Bonchev–Trinajstić information content (AvgIpc) is 2.31. The van der Waals surface area contributed by atoms with Crippen molar-refractivity contribution >= 4 is 5.91 Å². The van der Waals surface area contributed by atoms with Crippen molar-refractivity contribution in [2.24, 2.45) is 0 Å². The molecule has 1 rings (SSSR count). The van der Waals surface area contributed by atoms with Gasteiger partial charge in [-0.1, -0.05) is 0 Å². The molecule has 0 saturated heterocycles. The van der Waals surface area contributed by atoms with E-state index in [4.69, 9.17) is 4.74 Å². The Balaban J connectivity index is 2.28. The van der Waals surface area contributed by atoms with Crippen LogP contribution in [0.25, 0.3) is 0 Å². The van der Waals surface area contributed by atoms with Crippen LogP contribution >= 0.6 is 0 Å². The van der Waals surface area contributed by atoms with Crippen molar-refractivity contribution in [3.63, 3.8) is 0 Å². The van der Waals surface area contributed by atoms with E-state index in [1.807, 2.05) is 0 Å². The Kier molecular flexibility index (Phi) is 2.45. The molecule has 0 atom stereocenters. The van der Waals surface area contributed by atoms with Crippen molar-refractivity contribution in [2.75, 3.05) is 20.3 Å². The summed E-state index contributed by atoms with van der Waals surface area (Å²) in [6.45, 7) is 1.39. The van der Waals surface area contributed by atoms with Crippen LogP contribution in [0.15, 0.2) is 11.6 Å². The van der Waals surface area contributed by atoms with Crippen molar-refractivity contribution in [3.05, 3.63) is 11.6 Å². The molecule has 3 heteroatoms. The van der Waals surface area contributed by atoms with Crippen LogP contribution in [0.5, 0.6) is 0 Å². The van der Waals surface area contributed by atoms with E-state index < -0.39 is 0 Å². The molecule has 0 bridgehead atoms. The standard InChI is InChI=1S/C7H11NO2/c1-10-3-2-6-4-7(9)8-5-6/h4H,2-3,5H2,1H3,(H,8,9). The van der Waals surface area contributed by atoms with Crippen LogP contribution < -0.4 is 5.32 Å². The third-order valence-corrected chi connectivity index (χ3v) is 1.45. The van der Waals surface area contributed by atoms with Crippen LogP contribution in [0.1, 0.15) is 6.42 Å². The maximum atomic E-state index is 10.6. The fourth-order valence-corrected chi connectivity index (χ4v) is 0.882. The normalized spacial score (nSPS) is 16.9. The van der Waals surface area contributed by atoms with E-state index in [9.17, 15) is 4.79 Å². The van der Waals surface area contributed by atoms with Gasteiger partial charge < -0.3 is 10.1 Å². The number of ether oxygens (including phenoxy) is 1. The molecule has 1 amide bonds. The van der Waals surface area contributed by atoms with E-state index in [0.717, 1.165) is 12.0 Å². The van der Waals surface area contributed by atoms with E-state index in [0.29, 0.717) is 13.2 Å². The van der Waals surface area contributed by atoms with E-state index in [2.05, 4.69) is 5.32 Å². The van der Waals surface area contributed by atoms with Gasteiger partial charge >= 0.3 is 0 Å². The summed E-state index contributed by atoms with van der Waals surface area (Å²) in [5, 5.41) is 2.69. The highest BCUT2D eigenvalue weighted by Crippen LogP contribution is 2.04. The molecule has 0 unspecified atom stereocenters. The molecule has 0 fully saturated rings. The van der Waals surface area contributed by atoms with Gasteiger partial charge in [-0.05, 0) is 12.0 Å². The minimum atomic E-state index is 0.0195. The molecule has 1 heterocycles. The highest BCUT2D eigenvalue weighted by atomic mass is 16.5. The van der Waals surface area contributed by atoms with Gasteiger partial charge in [0.15, 0.2) is 0 Å². The second kappa shape index (κ2) is 3.37. The largest absolute Gasteiger partial charge is 0.384 e. The van der Waals surface area contributed by atoms with Gasteiger partial charge in [-0.15, -0.1) is 0 Å². The van der Waals surface area contributed by atoms with Gasteiger partial charge in [0.05, 0.1) is 0 Å². The van der Waals surface area contributed by atoms with Crippen LogP contribution in [0.2, 0.25) is 0 Å². The van der Waals surface area contributed by atoms with E-state index in [1.165, 1.54) is 0 Å². The summed E-state index contributed by atoms with van der Waals surface area (Å²) in [6.07, 6.45) is 2.49. The third-order valence-electron chi connectivity index (χ3n) is 1.45. The number of hydrogen-bond donors (Lipinski definition) is 1. The minimum absolute atomic E-state index is 0.0195. The lowest BCUT2D eigenvalue weighted by Crippen LogP contribution is -2.15. The monoisotopic (exact) mass is 141 g/mol. The molecule has 3 nitrogen and oxygen atoms in total. The molecule has 0 aromatic rings. The predicted octanol–water partition coefficient (Wildman–Crippen LogP) is 0.0791. The van der Waals surface area contributed by atoms with Crippen LogP contribution in [0.4, 0.5) is 0 Å². The maximum Gasteiger partial charge on any atom is 0.244 e.